The number of carbonyl (C=O) groups excluding carboxylic acids is 1. The molecule has 4 aromatic rings. The Kier molecular flexibility index (Phi) is 5.99. The average Bonchev–Trinajstić information content (AvgIpc) is 3.39. The Balaban J connectivity index is 1.38. The van der Waals surface area contributed by atoms with E-state index in [2.05, 4.69) is 15.5 Å². The number of amides is 2. The minimum Gasteiger partial charge on any atom is -0.319 e. The molecule has 12 heteroatoms. The Hall–Kier alpha value is -3.70. The maximum absolute atomic E-state index is 13.4. The minimum atomic E-state index is -4.58. The second kappa shape index (κ2) is 9.25. The molecule has 0 fully saturated rings. The van der Waals surface area contributed by atoms with Gasteiger partial charge in [-0.1, -0.05) is 41.9 Å². The van der Waals surface area contributed by atoms with E-state index in [1.54, 1.807) is 0 Å². The van der Waals surface area contributed by atoms with Crippen molar-refractivity contribution in [2.45, 2.75) is 32.6 Å². The van der Waals surface area contributed by atoms with Gasteiger partial charge in [-0.05, 0) is 37.1 Å². The number of urea groups is 1. The Morgan fingerprint density at radius 3 is 2.66 bits per heavy atom. The highest BCUT2D eigenvalue weighted by Crippen LogP contribution is 2.41. The molecule has 2 amide bonds. The lowest BCUT2D eigenvalue weighted by atomic mass is 9.95. The first-order chi connectivity index (χ1) is 18.2. The Labute approximate surface area is 224 Å². The van der Waals surface area contributed by atoms with Crippen molar-refractivity contribution < 1.29 is 18.0 Å². The third-order valence-corrected chi connectivity index (χ3v) is 8.17. The molecule has 38 heavy (non-hydrogen) atoms. The first-order valence-corrected chi connectivity index (χ1v) is 13.0. The van der Waals surface area contributed by atoms with Crippen LogP contribution in [0.1, 0.15) is 38.8 Å². The Bertz CT molecular complexity index is 1610. The van der Waals surface area contributed by atoms with E-state index >= 15 is 0 Å². The monoisotopic (exact) mass is 556 g/mol. The summed E-state index contributed by atoms with van der Waals surface area (Å²) < 4.78 is 42.3. The van der Waals surface area contributed by atoms with E-state index in [9.17, 15) is 18.0 Å². The molecule has 2 aromatic heterocycles. The van der Waals surface area contributed by atoms with Crippen LogP contribution in [0.15, 0.2) is 53.5 Å². The number of fused-ring (bicyclic) bond motifs is 5. The van der Waals surface area contributed by atoms with Gasteiger partial charge in [0.05, 0.1) is 23.5 Å². The quantitative estimate of drug-likeness (QED) is 0.317. The SMILES string of the molecule is Cc1nnc2n1-c1sc3c(c1C(c1ccccc1Cl)=NC2)CCN(C(=O)Nc1ccccc1C(F)(F)F)C3. The zero-order valence-electron chi connectivity index (χ0n) is 20.0. The molecular formula is C26H20ClF3N6OS. The normalized spacial score (nSPS) is 14.8. The fourth-order valence-electron chi connectivity index (χ4n) is 4.87. The second-order valence-electron chi connectivity index (χ2n) is 8.97. The van der Waals surface area contributed by atoms with Gasteiger partial charge in [0.1, 0.15) is 17.4 Å². The highest BCUT2D eigenvalue weighted by atomic mass is 35.5. The molecule has 0 aliphatic carbocycles. The van der Waals surface area contributed by atoms with Crippen LogP contribution in [0.2, 0.25) is 5.02 Å². The van der Waals surface area contributed by atoms with Crippen molar-refractivity contribution in [3.8, 4) is 5.00 Å². The van der Waals surface area contributed by atoms with Crippen LogP contribution in [-0.4, -0.2) is 38.0 Å². The lowest BCUT2D eigenvalue weighted by molar-refractivity contribution is -0.136. The number of nitrogens with one attached hydrogen (secondary N) is 1. The van der Waals surface area contributed by atoms with Gasteiger partial charge in [0, 0.05) is 27.6 Å². The highest BCUT2D eigenvalue weighted by molar-refractivity contribution is 7.15. The zero-order valence-corrected chi connectivity index (χ0v) is 21.6. The van der Waals surface area contributed by atoms with E-state index in [0.29, 0.717) is 36.2 Å². The van der Waals surface area contributed by atoms with E-state index in [1.807, 2.05) is 35.8 Å². The van der Waals surface area contributed by atoms with Crippen LogP contribution in [0.25, 0.3) is 5.00 Å². The number of hydrogen-bond donors (Lipinski definition) is 1. The number of anilines is 1. The third kappa shape index (κ3) is 4.15. The number of rotatable bonds is 2. The molecule has 4 heterocycles. The van der Waals surface area contributed by atoms with Crippen molar-refractivity contribution in [3.63, 3.8) is 0 Å². The molecule has 0 atom stereocenters. The first kappa shape index (κ1) is 24.6. The van der Waals surface area contributed by atoms with Crippen LogP contribution in [0.5, 0.6) is 0 Å². The van der Waals surface area contributed by atoms with E-state index in [-0.39, 0.29) is 12.2 Å². The molecule has 2 aliphatic heterocycles. The van der Waals surface area contributed by atoms with Crippen molar-refractivity contribution in [2.75, 3.05) is 11.9 Å². The third-order valence-electron chi connectivity index (χ3n) is 6.64. The van der Waals surface area contributed by atoms with Gasteiger partial charge in [0.15, 0.2) is 5.82 Å². The van der Waals surface area contributed by atoms with Crippen molar-refractivity contribution in [1.82, 2.24) is 19.7 Å². The number of benzene rings is 2. The molecule has 0 unspecified atom stereocenters. The summed E-state index contributed by atoms with van der Waals surface area (Å²) in [5.41, 5.74) is 2.38. The van der Waals surface area contributed by atoms with E-state index in [4.69, 9.17) is 16.6 Å². The van der Waals surface area contributed by atoms with Gasteiger partial charge in [0.2, 0.25) is 0 Å². The van der Waals surface area contributed by atoms with Crippen molar-refractivity contribution in [2.24, 2.45) is 4.99 Å². The number of aromatic nitrogens is 3. The Morgan fingerprint density at radius 1 is 1.11 bits per heavy atom. The van der Waals surface area contributed by atoms with Crippen LogP contribution in [-0.2, 0) is 25.7 Å². The zero-order chi connectivity index (χ0) is 26.6. The number of nitrogens with zero attached hydrogens (tertiary/aromatic N) is 5. The molecule has 6 rings (SSSR count). The van der Waals surface area contributed by atoms with Crippen LogP contribution < -0.4 is 5.32 Å². The molecule has 2 aromatic carbocycles. The molecule has 0 saturated heterocycles. The van der Waals surface area contributed by atoms with E-state index in [0.717, 1.165) is 38.3 Å². The van der Waals surface area contributed by atoms with Crippen LogP contribution in [0, 0.1) is 6.92 Å². The lowest BCUT2D eigenvalue weighted by Gasteiger charge is -2.28. The van der Waals surface area contributed by atoms with Gasteiger partial charge in [-0.15, -0.1) is 21.5 Å². The van der Waals surface area contributed by atoms with Gasteiger partial charge in [0.25, 0.3) is 0 Å². The predicted octanol–water partition coefficient (Wildman–Crippen LogP) is 6.25. The molecule has 0 spiro atoms. The van der Waals surface area contributed by atoms with Crippen molar-refractivity contribution >= 4 is 40.4 Å². The summed E-state index contributed by atoms with van der Waals surface area (Å²) in [5.74, 6) is 1.41. The van der Waals surface area contributed by atoms with Gasteiger partial charge in [-0.3, -0.25) is 9.56 Å². The molecular weight excluding hydrogens is 537 g/mol. The van der Waals surface area contributed by atoms with Crippen LogP contribution in [0.3, 0.4) is 0 Å². The summed E-state index contributed by atoms with van der Waals surface area (Å²) in [7, 11) is 0. The second-order valence-corrected chi connectivity index (χ2v) is 10.5. The summed E-state index contributed by atoms with van der Waals surface area (Å²) in [5, 5.41) is 12.5. The fraction of sp³-hybridized carbons (Fsp3) is 0.231. The standard InChI is InChI=1S/C26H20ClF3N6OS/c1-14-33-34-21-12-31-23(15-6-2-4-8-18(15)27)22-16-10-11-35(13-20(16)38-24(22)36(14)21)25(37)32-19-9-5-3-7-17(19)26(28,29)30/h2-9H,10-13H2,1H3,(H,32,37). The summed E-state index contributed by atoms with van der Waals surface area (Å²) in [6.07, 6.45) is -4.07. The molecule has 0 bridgehead atoms. The topological polar surface area (TPSA) is 75.4 Å². The molecule has 1 N–H and O–H groups in total. The van der Waals surface area contributed by atoms with E-state index in [1.165, 1.54) is 34.4 Å². The molecule has 0 saturated carbocycles. The fourth-order valence-corrected chi connectivity index (χ4v) is 6.53. The number of halogens is 4. The number of aryl methyl sites for hydroxylation is 1. The van der Waals surface area contributed by atoms with Gasteiger partial charge >= 0.3 is 12.2 Å². The molecule has 194 valence electrons. The van der Waals surface area contributed by atoms with E-state index < -0.39 is 17.8 Å². The van der Waals surface area contributed by atoms with Crippen molar-refractivity contribution in [3.05, 3.63) is 92.3 Å². The lowest BCUT2D eigenvalue weighted by Crippen LogP contribution is -2.39. The molecule has 7 nitrogen and oxygen atoms in total. The summed E-state index contributed by atoms with van der Waals surface area (Å²) in [6, 6.07) is 11.9. The van der Waals surface area contributed by atoms with Gasteiger partial charge in [-0.2, -0.15) is 13.2 Å². The molecule has 0 radical (unpaired) electrons. The summed E-state index contributed by atoms with van der Waals surface area (Å²) in [6.45, 7) is 2.79. The highest BCUT2D eigenvalue weighted by Gasteiger charge is 2.36. The van der Waals surface area contributed by atoms with Gasteiger partial charge < -0.3 is 10.2 Å². The minimum absolute atomic E-state index is 0.249. The number of para-hydroxylation sites is 1. The number of thiophene rings is 1. The van der Waals surface area contributed by atoms with Crippen molar-refractivity contribution in [1.29, 1.82) is 0 Å². The number of hydrogen-bond acceptors (Lipinski definition) is 5. The van der Waals surface area contributed by atoms with Crippen LogP contribution >= 0.6 is 22.9 Å². The summed E-state index contributed by atoms with van der Waals surface area (Å²) >= 11 is 8.09. The average molecular weight is 557 g/mol. The first-order valence-electron chi connectivity index (χ1n) is 11.8. The maximum Gasteiger partial charge on any atom is 0.418 e. The Morgan fingerprint density at radius 2 is 1.87 bits per heavy atom. The smallest absolute Gasteiger partial charge is 0.319 e. The summed E-state index contributed by atoms with van der Waals surface area (Å²) in [4.78, 5) is 20.4. The number of aliphatic imine (C=N–C) groups is 1. The predicted molar refractivity (Wildman–Crippen MR) is 139 cm³/mol. The van der Waals surface area contributed by atoms with Gasteiger partial charge in [-0.25, -0.2) is 4.79 Å². The largest absolute Gasteiger partial charge is 0.418 e. The molecule has 2 aliphatic rings. The van der Waals surface area contributed by atoms with Crippen LogP contribution in [0.4, 0.5) is 23.7 Å². The maximum atomic E-state index is 13.4. The number of carbonyl (C=O) groups is 1. The number of alkyl halides is 3.